The van der Waals surface area contributed by atoms with Crippen LogP contribution in [0.25, 0.3) is 0 Å². The Hall–Kier alpha value is -0.360. The van der Waals surface area contributed by atoms with Crippen LogP contribution < -0.4 is 11.5 Å². The predicted octanol–water partition coefficient (Wildman–Crippen LogP) is 1.07. The molecule has 0 aliphatic heterocycles. The van der Waals surface area contributed by atoms with E-state index in [1.54, 1.807) is 6.07 Å². The van der Waals surface area contributed by atoms with E-state index in [2.05, 4.69) is 20.9 Å². The summed E-state index contributed by atoms with van der Waals surface area (Å²) < 4.78 is 0.606. The lowest BCUT2D eigenvalue weighted by atomic mass is 10.2. The third kappa shape index (κ3) is 2.31. The number of rotatable bonds is 2. The molecule has 0 bridgehead atoms. The van der Waals surface area contributed by atoms with Crippen LogP contribution in [-0.2, 0) is 0 Å². The molecule has 1 aromatic rings. The summed E-state index contributed by atoms with van der Waals surface area (Å²) in [5.41, 5.74) is 11.6. The number of hydrogen-bond acceptors (Lipinski definition) is 4. The van der Waals surface area contributed by atoms with E-state index in [0.717, 1.165) is 0 Å². The van der Waals surface area contributed by atoms with E-state index in [1.165, 1.54) is 0 Å². The minimum atomic E-state index is -0.811. The minimum Gasteiger partial charge on any atom is -0.395 e. The highest BCUT2D eigenvalue weighted by atomic mass is 79.9. The van der Waals surface area contributed by atoms with Gasteiger partial charge in [0, 0.05) is 11.0 Å². The van der Waals surface area contributed by atoms with Crippen LogP contribution in [0.2, 0.25) is 5.15 Å². The summed E-state index contributed by atoms with van der Waals surface area (Å²) >= 11 is 8.90. The molecule has 1 unspecified atom stereocenters. The second kappa shape index (κ2) is 4.23. The number of aliphatic hydroxyl groups excluding tert-OH is 1. The van der Waals surface area contributed by atoms with Crippen LogP contribution in [-0.4, -0.2) is 16.6 Å². The number of pyridine rings is 1. The summed E-state index contributed by atoms with van der Waals surface area (Å²) in [5, 5.41) is 9.53. The van der Waals surface area contributed by atoms with Crippen molar-refractivity contribution in [1.29, 1.82) is 0 Å². The molecule has 6 heteroatoms. The smallest absolute Gasteiger partial charge is 0.153 e. The molecule has 0 fully saturated rings. The van der Waals surface area contributed by atoms with Gasteiger partial charge in [0.05, 0.1) is 11.4 Å². The molecule has 0 saturated carbocycles. The molecule has 0 aromatic carbocycles. The van der Waals surface area contributed by atoms with Crippen molar-refractivity contribution in [2.24, 2.45) is 5.73 Å². The van der Waals surface area contributed by atoms with Gasteiger partial charge in [0.2, 0.25) is 0 Å². The van der Waals surface area contributed by atoms with Crippen LogP contribution in [0.4, 0.5) is 5.69 Å². The number of anilines is 1. The SMILES string of the molecule is NCC(O)c1cc(Br)c(N)c(Cl)n1. The molecule has 0 amide bonds. The van der Waals surface area contributed by atoms with Gasteiger partial charge in [-0.1, -0.05) is 11.6 Å². The second-order valence-electron chi connectivity index (χ2n) is 2.48. The van der Waals surface area contributed by atoms with Gasteiger partial charge in [-0.2, -0.15) is 0 Å². The number of aromatic nitrogens is 1. The van der Waals surface area contributed by atoms with Crippen molar-refractivity contribution in [2.75, 3.05) is 12.3 Å². The van der Waals surface area contributed by atoms with Gasteiger partial charge in [0.15, 0.2) is 5.15 Å². The average Bonchev–Trinajstić information content (AvgIpc) is 2.12. The van der Waals surface area contributed by atoms with Gasteiger partial charge in [-0.3, -0.25) is 0 Å². The lowest BCUT2D eigenvalue weighted by Crippen LogP contribution is -2.13. The van der Waals surface area contributed by atoms with Crippen LogP contribution in [0, 0.1) is 0 Å². The average molecular weight is 267 g/mol. The van der Waals surface area contributed by atoms with E-state index >= 15 is 0 Å². The molecule has 1 atom stereocenters. The molecule has 4 nitrogen and oxygen atoms in total. The zero-order valence-corrected chi connectivity index (χ0v) is 9.01. The summed E-state index contributed by atoms with van der Waals surface area (Å²) in [7, 11) is 0. The van der Waals surface area contributed by atoms with Gasteiger partial charge in [0.1, 0.15) is 6.10 Å². The highest BCUT2D eigenvalue weighted by molar-refractivity contribution is 9.10. The zero-order valence-electron chi connectivity index (χ0n) is 6.67. The third-order valence-electron chi connectivity index (χ3n) is 1.55. The van der Waals surface area contributed by atoms with Gasteiger partial charge in [-0.05, 0) is 22.0 Å². The largest absolute Gasteiger partial charge is 0.395 e. The Bertz CT molecular complexity index is 298. The molecule has 0 aliphatic carbocycles. The van der Waals surface area contributed by atoms with Crippen LogP contribution >= 0.6 is 27.5 Å². The molecule has 1 rings (SSSR count). The van der Waals surface area contributed by atoms with E-state index < -0.39 is 6.10 Å². The number of nitrogens with zero attached hydrogens (tertiary/aromatic N) is 1. The lowest BCUT2D eigenvalue weighted by Gasteiger charge is -2.09. The number of halogens is 2. The van der Waals surface area contributed by atoms with Crippen molar-refractivity contribution in [3.05, 3.63) is 21.4 Å². The van der Waals surface area contributed by atoms with Crippen molar-refractivity contribution in [3.63, 3.8) is 0 Å². The van der Waals surface area contributed by atoms with E-state index in [9.17, 15) is 5.11 Å². The predicted molar refractivity (Wildman–Crippen MR) is 55.4 cm³/mol. The third-order valence-corrected chi connectivity index (χ3v) is 2.49. The van der Waals surface area contributed by atoms with Crippen molar-refractivity contribution in [1.82, 2.24) is 4.98 Å². The zero-order chi connectivity index (χ0) is 10.0. The monoisotopic (exact) mass is 265 g/mol. The fourth-order valence-electron chi connectivity index (χ4n) is 0.803. The van der Waals surface area contributed by atoms with Crippen LogP contribution in [0.3, 0.4) is 0 Å². The molecule has 5 N–H and O–H groups in total. The van der Waals surface area contributed by atoms with Gasteiger partial charge >= 0.3 is 0 Å². The fraction of sp³-hybridized carbons (Fsp3) is 0.286. The quantitative estimate of drug-likeness (QED) is 0.699. The van der Waals surface area contributed by atoms with Gasteiger partial charge in [0.25, 0.3) is 0 Å². The number of aliphatic hydroxyl groups is 1. The topological polar surface area (TPSA) is 85.2 Å². The Morgan fingerprint density at radius 1 is 1.69 bits per heavy atom. The van der Waals surface area contributed by atoms with Crippen molar-refractivity contribution >= 4 is 33.2 Å². The lowest BCUT2D eigenvalue weighted by molar-refractivity contribution is 0.182. The molecular weight excluding hydrogens is 257 g/mol. The maximum atomic E-state index is 9.36. The normalized spacial score (nSPS) is 12.9. The molecule has 72 valence electrons. The minimum absolute atomic E-state index is 0.0969. The van der Waals surface area contributed by atoms with E-state index in [0.29, 0.717) is 15.9 Å². The molecule has 1 heterocycles. The summed E-state index contributed by atoms with van der Waals surface area (Å²) in [6.07, 6.45) is -0.811. The summed E-state index contributed by atoms with van der Waals surface area (Å²) in [5.74, 6) is 0. The Morgan fingerprint density at radius 2 is 2.31 bits per heavy atom. The second-order valence-corrected chi connectivity index (χ2v) is 3.70. The Morgan fingerprint density at radius 3 is 2.77 bits per heavy atom. The van der Waals surface area contributed by atoms with E-state index in [1.807, 2.05) is 0 Å². The molecule has 0 spiro atoms. The Labute approximate surface area is 89.0 Å². The number of nitrogen functional groups attached to an aromatic ring is 1. The Kier molecular flexibility index (Phi) is 3.49. The van der Waals surface area contributed by atoms with E-state index in [-0.39, 0.29) is 11.7 Å². The maximum Gasteiger partial charge on any atom is 0.153 e. The molecule has 0 radical (unpaired) electrons. The first-order chi connectivity index (χ1) is 6.06. The van der Waals surface area contributed by atoms with Crippen LogP contribution in [0.5, 0.6) is 0 Å². The van der Waals surface area contributed by atoms with Crippen LogP contribution in [0.1, 0.15) is 11.8 Å². The maximum absolute atomic E-state index is 9.36. The van der Waals surface area contributed by atoms with Crippen molar-refractivity contribution in [3.8, 4) is 0 Å². The van der Waals surface area contributed by atoms with E-state index in [4.69, 9.17) is 23.1 Å². The highest BCUT2D eigenvalue weighted by Crippen LogP contribution is 2.28. The standard InChI is InChI=1S/C7H9BrClN3O/c8-3-1-4(5(13)2-10)12-7(9)6(3)11/h1,5,13H,2,10-11H2. The first kappa shape index (κ1) is 10.7. The van der Waals surface area contributed by atoms with Gasteiger partial charge in [-0.15, -0.1) is 0 Å². The fourth-order valence-corrected chi connectivity index (χ4v) is 1.54. The van der Waals surface area contributed by atoms with Crippen molar-refractivity contribution in [2.45, 2.75) is 6.10 Å². The van der Waals surface area contributed by atoms with Gasteiger partial charge in [-0.25, -0.2) is 4.98 Å². The number of hydrogen-bond donors (Lipinski definition) is 3. The Balaban J connectivity index is 3.13. The highest BCUT2D eigenvalue weighted by Gasteiger charge is 2.11. The summed E-state index contributed by atoms with van der Waals surface area (Å²) in [4.78, 5) is 3.88. The van der Waals surface area contributed by atoms with Crippen molar-refractivity contribution < 1.29 is 5.11 Å². The summed E-state index contributed by atoms with van der Waals surface area (Å²) in [6.45, 7) is 0.0969. The molecule has 1 aromatic heterocycles. The van der Waals surface area contributed by atoms with Gasteiger partial charge < -0.3 is 16.6 Å². The molecule has 0 aliphatic rings. The summed E-state index contributed by atoms with van der Waals surface area (Å²) in [6, 6.07) is 1.60. The molecular formula is C7H9BrClN3O. The number of nitrogens with two attached hydrogens (primary N) is 2. The first-order valence-corrected chi connectivity index (χ1v) is 4.73. The first-order valence-electron chi connectivity index (χ1n) is 3.55. The van der Waals surface area contributed by atoms with Crippen LogP contribution in [0.15, 0.2) is 10.5 Å². The molecule has 13 heavy (non-hydrogen) atoms. The molecule has 0 saturated heterocycles.